The van der Waals surface area contributed by atoms with E-state index >= 15 is 0 Å². The summed E-state index contributed by atoms with van der Waals surface area (Å²) in [6.07, 6.45) is 10.4. The molecule has 0 bridgehead atoms. The molecule has 1 heterocycles. The smallest absolute Gasteiger partial charge is 0.141 e. The number of rotatable bonds is 2. The third-order valence-electron chi connectivity index (χ3n) is 9.75. The van der Waals surface area contributed by atoms with Crippen LogP contribution in [0.3, 0.4) is 0 Å². The van der Waals surface area contributed by atoms with Gasteiger partial charge in [-0.15, -0.1) is 0 Å². The zero-order chi connectivity index (χ0) is 20.3. The fourth-order valence-electron chi connectivity index (χ4n) is 7.94. The molecule has 0 spiro atoms. The van der Waals surface area contributed by atoms with Crippen molar-refractivity contribution in [1.82, 2.24) is 5.32 Å². The minimum Gasteiger partial charge on any atom is -0.411 e. The van der Waals surface area contributed by atoms with Crippen LogP contribution in [-0.2, 0) is 4.84 Å². The van der Waals surface area contributed by atoms with E-state index in [2.05, 4.69) is 29.5 Å². The van der Waals surface area contributed by atoms with Crippen LogP contribution < -0.4 is 5.32 Å². The monoisotopic (exact) mass is 403 g/mol. The number of oxime groups is 2. The molecule has 3 N–H and O–H groups in total. The summed E-state index contributed by atoms with van der Waals surface area (Å²) < 4.78 is 0. The van der Waals surface area contributed by atoms with E-state index in [0.29, 0.717) is 35.3 Å². The maximum Gasteiger partial charge on any atom is 0.141 e. The highest BCUT2D eigenvalue weighted by atomic mass is 16.6. The van der Waals surface area contributed by atoms with E-state index in [9.17, 15) is 10.3 Å². The summed E-state index contributed by atoms with van der Waals surface area (Å²) in [6.45, 7) is 6.54. The molecule has 4 aliphatic carbocycles. The molecule has 162 valence electrons. The molecule has 4 saturated carbocycles. The Balaban J connectivity index is 1.42. The summed E-state index contributed by atoms with van der Waals surface area (Å²) >= 11 is 0. The molecule has 0 aromatic rings. The lowest BCUT2D eigenvalue weighted by Crippen LogP contribution is -2.66. The minimum atomic E-state index is -1.11. The van der Waals surface area contributed by atoms with Gasteiger partial charge in [0.15, 0.2) is 0 Å². The van der Waals surface area contributed by atoms with Gasteiger partial charge in [0.25, 0.3) is 0 Å². The maximum atomic E-state index is 12.0. The predicted octanol–water partition coefficient (Wildman–Crippen LogP) is 3.71. The van der Waals surface area contributed by atoms with Gasteiger partial charge in [0.1, 0.15) is 11.7 Å². The van der Waals surface area contributed by atoms with Gasteiger partial charge in [-0.2, -0.15) is 0 Å². The molecule has 0 radical (unpaired) electrons. The number of nitrogens with zero attached hydrogens (tertiary/aromatic N) is 2. The topological polar surface area (TPSA) is 86.4 Å². The van der Waals surface area contributed by atoms with Gasteiger partial charge in [0, 0.05) is 24.8 Å². The van der Waals surface area contributed by atoms with Crippen LogP contribution in [0.2, 0.25) is 0 Å². The number of hydrogen-bond donors (Lipinski definition) is 3. The Kier molecular flexibility index (Phi) is 4.74. The van der Waals surface area contributed by atoms with Crippen molar-refractivity contribution in [3.63, 3.8) is 0 Å². The molecule has 1 saturated heterocycles. The van der Waals surface area contributed by atoms with Crippen LogP contribution in [0.15, 0.2) is 10.3 Å². The van der Waals surface area contributed by atoms with E-state index in [4.69, 9.17) is 4.84 Å². The highest BCUT2D eigenvalue weighted by molar-refractivity contribution is 6.00. The molecular formula is C23H37N3O3. The molecule has 7 atom stereocenters. The van der Waals surface area contributed by atoms with Crippen LogP contribution in [0.25, 0.3) is 0 Å². The highest BCUT2D eigenvalue weighted by Gasteiger charge is 2.65. The largest absolute Gasteiger partial charge is 0.411 e. The van der Waals surface area contributed by atoms with Crippen molar-refractivity contribution in [1.29, 1.82) is 0 Å². The van der Waals surface area contributed by atoms with Crippen molar-refractivity contribution in [3.05, 3.63) is 0 Å². The fourth-order valence-corrected chi connectivity index (χ4v) is 7.94. The molecule has 1 aliphatic heterocycles. The SMILES string of the molecule is C[C@@]12CCC[C@H]1[C@@H]1C/C(=N\O)[C@@]3(O)C/C(=N\O[C@@H]4CCNC4)CC[C@]3(C)[C@H]1CC2. The normalized spacial score (nSPS) is 52.2. The Morgan fingerprint density at radius 3 is 2.72 bits per heavy atom. The summed E-state index contributed by atoms with van der Waals surface area (Å²) in [6, 6.07) is 0. The first kappa shape index (κ1) is 19.8. The highest BCUT2D eigenvalue weighted by Crippen LogP contribution is 2.66. The van der Waals surface area contributed by atoms with Gasteiger partial charge in [0.2, 0.25) is 0 Å². The van der Waals surface area contributed by atoms with E-state index in [1.54, 1.807) is 0 Å². The molecule has 0 unspecified atom stereocenters. The number of fused-ring (bicyclic) bond motifs is 5. The average molecular weight is 404 g/mol. The Morgan fingerprint density at radius 2 is 1.97 bits per heavy atom. The van der Waals surface area contributed by atoms with Crippen molar-refractivity contribution in [2.24, 2.45) is 38.9 Å². The van der Waals surface area contributed by atoms with E-state index in [1.807, 2.05) is 0 Å². The van der Waals surface area contributed by atoms with Crippen molar-refractivity contribution in [2.45, 2.75) is 89.8 Å². The fraction of sp³-hybridized carbons (Fsp3) is 0.913. The molecule has 6 nitrogen and oxygen atoms in total. The Bertz CT molecular complexity index is 718. The van der Waals surface area contributed by atoms with Gasteiger partial charge < -0.3 is 20.5 Å². The Hall–Kier alpha value is -1.14. The Labute approximate surface area is 174 Å². The van der Waals surface area contributed by atoms with Crippen molar-refractivity contribution < 1.29 is 15.2 Å². The molecule has 5 fully saturated rings. The van der Waals surface area contributed by atoms with Crippen LogP contribution in [0.1, 0.15) is 78.1 Å². The minimum absolute atomic E-state index is 0.130. The zero-order valence-corrected chi connectivity index (χ0v) is 18.0. The van der Waals surface area contributed by atoms with Crippen molar-refractivity contribution >= 4 is 11.4 Å². The van der Waals surface area contributed by atoms with E-state index < -0.39 is 5.60 Å². The first-order chi connectivity index (χ1) is 13.9. The number of aliphatic hydroxyl groups is 1. The van der Waals surface area contributed by atoms with Crippen molar-refractivity contribution in [2.75, 3.05) is 13.1 Å². The molecular weight excluding hydrogens is 366 g/mol. The lowest BCUT2D eigenvalue weighted by atomic mass is 9.43. The summed E-state index contributed by atoms with van der Waals surface area (Å²) in [5, 5.41) is 33.4. The van der Waals surface area contributed by atoms with Gasteiger partial charge in [-0.25, -0.2) is 0 Å². The second kappa shape index (κ2) is 6.94. The summed E-state index contributed by atoms with van der Waals surface area (Å²) in [4.78, 5) is 5.76. The molecule has 5 rings (SSSR count). The van der Waals surface area contributed by atoms with Crippen LogP contribution in [-0.4, -0.2) is 46.5 Å². The standard InChI is InChI=1S/C23H37N3O3/c1-21-8-3-4-18(21)17-12-20(25-28)23(27)13-15(26-29-16-7-11-24-14-16)5-10-22(23,2)19(17)6-9-21/h16-19,24,27-28H,3-14H2,1-2H3/b25-20+,26-15-/t16-,17+,18+,19+,21+,22-,23+/m1/s1. The van der Waals surface area contributed by atoms with Gasteiger partial charge in [-0.3, -0.25) is 0 Å². The first-order valence-corrected chi connectivity index (χ1v) is 11.8. The number of hydrogen-bond acceptors (Lipinski definition) is 6. The maximum absolute atomic E-state index is 12.0. The summed E-state index contributed by atoms with van der Waals surface area (Å²) in [5.41, 5.74) is 0.585. The number of nitrogens with one attached hydrogen (secondary N) is 1. The van der Waals surface area contributed by atoms with Crippen LogP contribution in [0.4, 0.5) is 0 Å². The van der Waals surface area contributed by atoms with Crippen LogP contribution in [0, 0.1) is 28.6 Å². The third kappa shape index (κ3) is 2.88. The van der Waals surface area contributed by atoms with E-state index in [0.717, 1.165) is 44.5 Å². The third-order valence-corrected chi connectivity index (χ3v) is 9.75. The Morgan fingerprint density at radius 1 is 1.10 bits per heavy atom. The molecule has 0 aromatic carbocycles. The average Bonchev–Trinajstić information content (AvgIpc) is 3.35. The van der Waals surface area contributed by atoms with Crippen LogP contribution >= 0.6 is 0 Å². The quantitative estimate of drug-likeness (QED) is 0.485. The van der Waals surface area contributed by atoms with Gasteiger partial charge in [-0.1, -0.05) is 30.6 Å². The second-order valence-corrected chi connectivity index (χ2v) is 11.0. The molecule has 29 heavy (non-hydrogen) atoms. The van der Waals surface area contributed by atoms with Gasteiger partial charge in [0.05, 0.1) is 11.4 Å². The molecule has 5 aliphatic rings. The summed E-state index contributed by atoms with van der Waals surface area (Å²) in [5.74, 6) is 1.73. The lowest BCUT2D eigenvalue weighted by molar-refractivity contribution is -0.134. The van der Waals surface area contributed by atoms with Gasteiger partial charge >= 0.3 is 0 Å². The first-order valence-electron chi connectivity index (χ1n) is 11.8. The predicted molar refractivity (Wildman–Crippen MR) is 112 cm³/mol. The molecule has 6 heteroatoms. The summed E-state index contributed by atoms with van der Waals surface area (Å²) in [7, 11) is 0. The van der Waals surface area contributed by atoms with E-state index in [-0.39, 0.29) is 11.5 Å². The van der Waals surface area contributed by atoms with Crippen molar-refractivity contribution in [3.8, 4) is 0 Å². The zero-order valence-electron chi connectivity index (χ0n) is 18.0. The van der Waals surface area contributed by atoms with Crippen LogP contribution in [0.5, 0.6) is 0 Å². The molecule has 0 amide bonds. The second-order valence-electron chi connectivity index (χ2n) is 11.0. The lowest BCUT2D eigenvalue weighted by Gasteiger charge is -2.62. The van der Waals surface area contributed by atoms with Gasteiger partial charge in [-0.05, 0) is 74.7 Å². The molecule has 0 aromatic heterocycles. The van der Waals surface area contributed by atoms with E-state index in [1.165, 1.54) is 32.1 Å².